The number of rotatable bonds is 7. The van der Waals surface area contributed by atoms with Gasteiger partial charge in [-0.2, -0.15) is 4.98 Å². The number of benzene rings is 1. The molecule has 0 amide bonds. The minimum absolute atomic E-state index is 0.176. The van der Waals surface area contributed by atoms with Gasteiger partial charge in [0.05, 0.1) is 12.1 Å². The maximum atomic E-state index is 13.1. The van der Waals surface area contributed by atoms with Crippen molar-refractivity contribution in [2.45, 2.75) is 58.0 Å². The van der Waals surface area contributed by atoms with Crippen LogP contribution in [0, 0.1) is 0 Å². The van der Waals surface area contributed by atoms with E-state index in [0.717, 1.165) is 30.7 Å². The summed E-state index contributed by atoms with van der Waals surface area (Å²) in [6.07, 6.45) is 5.26. The van der Waals surface area contributed by atoms with Gasteiger partial charge in [-0.15, -0.1) is 0 Å². The van der Waals surface area contributed by atoms with Gasteiger partial charge in [-0.3, -0.25) is 14.4 Å². The highest BCUT2D eigenvalue weighted by Crippen LogP contribution is 2.33. The number of nitrogens with one attached hydrogen (secondary N) is 1. The van der Waals surface area contributed by atoms with Gasteiger partial charge in [-0.05, 0) is 37.0 Å². The van der Waals surface area contributed by atoms with E-state index in [9.17, 15) is 9.59 Å². The summed E-state index contributed by atoms with van der Waals surface area (Å²) in [7, 11) is 0. The minimum Gasteiger partial charge on any atom is -0.478 e. The lowest BCUT2D eigenvalue weighted by Crippen LogP contribution is -2.37. The summed E-state index contributed by atoms with van der Waals surface area (Å²) in [6.45, 7) is 2.75. The highest BCUT2D eigenvalue weighted by Gasteiger charge is 2.23. The molecule has 1 aromatic carbocycles. The fourth-order valence-electron chi connectivity index (χ4n) is 4.05. The molecular weight excluding hydrogens is 384 g/mol. The molecule has 9 nitrogen and oxygen atoms in total. The van der Waals surface area contributed by atoms with Crippen molar-refractivity contribution in [2.24, 2.45) is 5.84 Å². The zero-order valence-corrected chi connectivity index (χ0v) is 17.0. The standard InChI is InChI=1S/C21H26N6O3/c1-2-11-26-19(28)16-18(24-17(23-16)14-5-3-4-6-14)25-21(26)27(22)12-13-7-9-15(10-8-13)20(29)30/h7-10,14H,2-6,11-12,22H2,1H3,(H,23,24)(H,29,30). The van der Waals surface area contributed by atoms with Gasteiger partial charge in [0.2, 0.25) is 5.95 Å². The van der Waals surface area contributed by atoms with Gasteiger partial charge in [0.25, 0.3) is 5.56 Å². The van der Waals surface area contributed by atoms with E-state index in [1.165, 1.54) is 30.0 Å². The van der Waals surface area contributed by atoms with Crippen molar-refractivity contribution in [1.82, 2.24) is 19.5 Å². The molecule has 0 radical (unpaired) electrons. The zero-order valence-electron chi connectivity index (χ0n) is 17.0. The number of carboxylic acid groups (broad SMARTS) is 1. The fourth-order valence-corrected chi connectivity index (χ4v) is 4.05. The summed E-state index contributed by atoms with van der Waals surface area (Å²) >= 11 is 0. The summed E-state index contributed by atoms with van der Waals surface area (Å²) < 4.78 is 1.57. The molecule has 1 fully saturated rings. The maximum absolute atomic E-state index is 13.1. The van der Waals surface area contributed by atoms with Crippen LogP contribution in [0.2, 0.25) is 0 Å². The lowest BCUT2D eigenvalue weighted by atomic mass is 10.1. The lowest BCUT2D eigenvalue weighted by molar-refractivity contribution is 0.0697. The maximum Gasteiger partial charge on any atom is 0.335 e. The fraction of sp³-hybridized carbons (Fsp3) is 0.429. The summed E-state index contributed by atoms with van der Waals surface area (Å²) in [5, 5.41) is 10.5. The van der Waals surface area contributed by atoms with Crippen LogP contribution in [-0.4, -0.2) is 30.6 Å². The number of nitrogens with two attached hydrogens (primary N) is 1. The number of imidazole rings is 1. The molecule has 158 valence electrons. The average Bonchev–Trinajstić information content (AvgIpc) is 3.40. The van der Waals surface area contributed by atoms with Crippen molar-refractivity contribution in [3.63, 3.8) is 0 Å². The van der Waals surface area contributed by atoms with Gasteiger partial charge in [0, 0.05) is 12.5 Å². The number of aromatic carboxylic acids is 1. The average molecular weight is 410 g/mol. The molecule has 1 saturated carbocycles. The highest BCUT2D eigenvalue weighted by molar-refractivity contribution is 5.87. The Hall–Kier alpha value is -3.20. The second-order valence-electron chi connectivity index (χ2n) is 7.80. The van der Waals surface area contributed by atoms with Crippen molar-refractivity contribution in [1.29, 1.82) is 0 Å². The SMILES string of the molecule is CCCn1c(N(N)Cc2ccc(C(=O)O)cc2)nc2nc(C3CCCC3)[nH]c2c1=O. The number of hydrogen-bond donors (Lipinski definition) is 3. The van der Waals surface area contributed by atoms with E-state index in [1.807, 2.05) is 6.92 Å². The molecule has 4 N–H and O–H groups in total. The molecule has 4 rings (SSSR count). The van der Waals surface area contributed by atoms with E-state index in [-0.39, 0.29) is 17.7 Å². The second-order valence-corrected chi connectivity index (χ2v) is 7.80. The number of H-pyrrole nitrogens is 1. The van der Waals surface area contributed by atoms with Crippen LogP contribution < -0.4 is 16.4 Å². The Kier molecular flexibility index (Phi) is 5.54. The monoisotopic (exact) mass is 410 g/mol. The Bertz CT molecular complexity index is 1110. The molecule has 30 heavy (non-hydrogen) atoms. The molecule has 0 saturated heterocycles. The number of nitrogens with zero attached hydrogens (tertiary/aromatic N) is 4. The van der Waals surface area contributed by atoms with Crippen molar-refractivity contribution < 1.29 is 9.90 Å². The molecule has 2 heterocycles. The molecule has 0 aliphatic heterocycles. The second kappa shape index (κ2) is 8.27. The Morgan fingerprint density at radius 2 is 1.97 bits per heavy atom. The number of fused-ring (bicyclic) bond motifs is 1. The molecule has 3 aromatic rings. The van der Waals surface area contributed by atoms with Crippen LogP contribution in [0.15, 0.2) is 29.1 Å². The number of carbonyl (C=O) groups is 1. The van der Waals surface area contributed by atoms with Gasteiger partial charge in [-0.1, -0.05) is 31.9 Å². The van der Waals surface area contributed by atoms with E-state index in [2.05, 4.69) is 15.0 Å². The minimum atomic E-state index is -0.980. The van der Waals surface area contributed by atoms with E-state index >= 15 is 0 Å². The Morgan fingerprint density at radius 1 is 1.27 bits per heavy atom. The molecule has 0 unspecified atom stereocenters. The Labute approximate surface area is 173 Å². The van der Waals surface area contributed by atoms with Crippen LogP contribution in [0.1, 0.15) is 66.7 Å². The third-order valence-electron chi connectivity index (χ3n) is 5.61. The Morgan fingerprint density at radius 3 is 2.60 bits per heavy atom. The first kappa shape index (κ1) is 20.1. The number of carboxylic acids is 1. The largest absolute Gasteiger partial charge is 0.478 e. The molecule has 1 aliphatic rings. The normalized spacial score (nSPS) is 14.5. The van der Waals surface area contributed by atoms with Crippen LogP contribution in [0.25, 0.3) is 11.2 Å². The van der Waals surface area contributed by atoms with E-state index < -0.39 is 5.97 Å². The van der Waals surface area contributed by atoms with Crippen LogP contribution in [0.5, 0.6) is 0 Å². The highest BCUT2D eigenvalue weighted by atomic mass is 16.4. The number of hydrazine groups is 1. The third-order valence-corrected chi connectivity index (χ3v) is 5.61. The first-order valence-corrected chi connectivity index (χ1v) is 10.3. The van der Waals surface area contributed by atoms with Crippen molar-refractivity contribution in [3.8, 4) is 0 Å². The van der Waals surface area contributed by atoms with Crippen LogP contribution in [0.3, 0.4) is 0 Å². The summed E-state index contributed by atoms with van der Waals surface area (Å²) in [5.74, 6) is 6.85. The molecule has 2 aromatic heterocycles. The number of aromatic amines is 1. The Balaban J connectivity index is 1.69. The summed E-state index contributed by atoms with van der Waals surface area (Å²) in [6, 6.07) is 6.47. The summed E-state index contributed by atoms with van der Waals surface area (Å²) in [5.41, 5.74) is 1.66. The van der Waals surface area contributed by atoms with Crippen molar-refractivity contribution in [2.75, 3.05) is 5.01 Å². The molecular formula is C21H26N6O3. The van der Waals surface area contributed by atoms with Gasteiger partial charge in [0.1, 0.15) is 5.82 Å². The van der Waals surface area contributed by atoms with E-state index in [0.29, 0.717) is 29.6 Å². The van der Waals surface area contributed by atoms with Gasteiger partial charge in [-0.25, -0.2) is 15.6 Å². The van der Waals surface area contributed by atoms with Crippen molar-refractivity contribution >= 4 is 23.1 Å². The molecule has 1 aliphatic carbocycles. The number of anilines is 1. The number of hydrogen-bond acceptors (Lipinski definition) is 6. The molecule has 9 heteroatoms. The first-order chi connectivity index (χ1) is 14.5. The topological polar surface area (TPSA) is 130 Å². The predicted molar refractivity (Wildman–Crippen MR) is 113 cm³/mol. The number of aromatic nitrogens is 4. The molecule has 0 bridgehead atoms. The molecule has 0 atom stereocenters. The summed E-state index contributed by atoms with van der Waals surface area (Å²) in [4.78, 5) is 36.6. The smallest absolute Gasteiger partial charge is 0.335 e. The van der Waals surface area contributed by atoms with Gasteiger partial charge in [0.15, 0.2) is 11.2 Å². The van der Waals surface area contributed by atoms with E-state index in [1.54, 1.807) is 16.7 Å². The van der Waals surface area contributed by atoms with Gasteiger partial charge >= 0.3 is 5.97 Å². The molecule has 0 spiro atoms. The quantitative estimate of drug-likeness (QED) is 0.403. The van der Waals surface area contributed by atoms with E-state index in [4.69, 9.17) is 10.9 Å². The zero-order chi connectivity index (χ0) is 21.3. The third kappa shape index (κ3) is 3.80. The lowest BCUT2D eigenvalue weighted by Gasteiger charge is -2.21. The van der Waals surface area contributed by atoms with Crippen molar-refractivity contribution in [3.05, 3.63) is 51.6 Å². The van der Waals surface area contributed by atoms with Gasteiger partial charge < -0.3 is 10.1 Å². The van der Waals surface area contributed by atoms with Crippen LogP contribution in [-0.2, 0) is 13.1 Å². The first-order valence-electron chi connectivity index (χ1n) is 10.3. The van der Waals surface area contributed by atoms with Crippen LogP contribution >= 0.6 is 0 Å². The predicted octanol–water partition coefficient (Wildman–Crippen LogP) is 2.77. The van der Waals surface area contributed by atoms with Crippen LogP contribution in [0.4, 0.5) is 5.95 Å².